The largest absolute Gasteiger partial charge is 0.170 e. The molecule has 2 rings (SSSR count). The van der Waals surface area contributed by atoms with Gasteiger partial charge < -0.3 is 0 Å². The monoisotopic (exact) mass is 195 g/mol. The third kappa shape index (κ3) is 0.941. The summed E-state index contributed by atoms with van der Waals surface area (Å²) in [6.45, 7) is 0. The van der Waals surface area contributed by atoms with E-state index in [1.54, 1.807) is 11.3 Å². The van der Waals surface area contributed by atoms with E-state index in [2.05, 4.69) is 14.5 Å². The second kappa shape index (κ2) is 2.27. The van der Waals surface area contributed by atoms with Crippen LogP contribution < -0.4 is 0 Å². The van der Waals surface area contributed by atoms with E-state index in [0.717, 1.165) is 0 Å². The second-order valence-corrected chi connectivity index (χ2v) is 5.26. The first-order valence-corrected chi connectivity index (χ1v) is 5.95. The Kier molecular flexibility index (Phi) is 1.57. The van der Waals surface area contributed by atoms with Gasteiger partial charge in [0, 0.05) is 32.6 Å². The van der Waals surface area contributed by atoms with Gasteiger partial charge in [-0.1, -0.05) is 0 Å². The summed E-state index contributed by atoms with van der Waals surface area (Å²) in [5.41, 5.74) is 0. The highest BCUT2D eigenvalue weighted by atomic mass is 35.7. The van der Waals surface area contributed by atoms with Gasteiger partial charge in [0.2, 0.25) is 0 Å². The molecule has 5 heteroatoms. The molecule has 1 aromatic rings. The van der Waals surface area contributed by atoms with Crippen LogP contribution in [0.15, 0.2) is 24.3 Å². The molecule has 1 aliphatic heterocycles. The summed E-state index contributed by atoms with van der Waals surface area (Å²) in [4.78, 5) is 2.44. The van der Waals surface area contributed by atoms with E-state index >= 15 is 0 Å². The van der Waals surface area contributed by atoms with Crippen LogP contribution in [-0.2, 0) is 9.90 Å². The summed E-state index contributed by atoms with van der Waals surface area (Å²) >= 11 is 3.19. The Hall–Kier alpha value is 0.490. The number of hydrogen-bond acceptors (Lipinski definition) is 3. The fraction of sp³-hybridized carbons (Fsp3) is 0. The Morgan fingerprint density at radius 3 is 3.22 bits per heavy atom. The van der Waals surface area contributed by atoms with Crippen molar-refractivity contribution in [1.82, 2.24) is 0 Å². The fourth-order valence-electron chi connectivity index (χ4n) is 0.576. The lowest BCUT2D eigenvalue weighted by Gasteiger charge is -1.81. The zero-order valence-electron chi connectivity index (χ0n) is 4.20. The lowest BCUT2D eigenvalue weighted by atomic mass is 10.7. The Morgan fingerprint density at radius 1 is 1.56 bits per heavy atom. The summed E-state index contributed by atoms with van der Waals surface area (Å²) in [5, 5.41) is 4.15. The van der Waals surface area contributed by atoms with Crippen LogP contribution in [0.2, 0.25) is 0 Å². The van der Waals surface area contributed by atoms with Crippen LogP contribution in [0, 0.1) is 0 Å². The zero-order valence-corrected chi connectivity index (χ0v) is 7.41. The van der Waals surface area contributed by atoms with Gasteiger partial charge in [-0.25, -0.2) is 0 Å². The van der Waals surface area contributed by atoms with Gasteiger partial charge in [-0.3, -0.25) is 0 Å². The predicted molar refractivity (Wildman–Crippen MR) is 44.1 cm³/mol. The molecule has 0 aliphatic carbocycles. The normalized spacial score (nSPS) is 23.4. The van der Waals surface area contributed by atoms with Gasteiger partial charge >= 0.3 is 0 Å². The van der Waals surface area contributed by atoms with Gasteiger partial charge in [-0.15, -0.1) is 11.3 Å². The van der Waals surface area contributed by atoms with E-state index < -0.39 is 0 Å². The van der Waals surface area contributed by atoms with E-state index in [1.807, 2.05) is 0 Å². The van der Waals surface area contributed by atoms with Gasteiger partial charge in [0.15, 0.2) is 0 Å². The third-order valence-corrected chi connectivity index (χ3v) is 5.21. The molecule has 0 fully saturated rings. The number of halogens is 1. The van der Waals surface area contributed by atoms with Crippen LogP contribution >= 0.6 is 34.0 Å². The van der Waals surface area contributed by atoms with Crippen molar-refractivity contribution in [2.24, 2.45) is 3.77 Å². The molecule has 9 heavy (non-hydrogen) atoms. The zero-order chi connectivity index (χ0) is 6.27. The van der Waals surface area contributed by atoms with Gasteiger partial charge in [0.1, 0.15) is 0 Å². The van der Waals surface area contributed by atoms with Crippen molar-refractivity contribution in [2.75, 3.05) is 0 Å². The minimum Gasteiger partial charge on any atom is -0.170 e. The second-order valence-electron chi connectivity index (χ2n) is 1.50. The van der Waals surface area contributed by atoms with Crippen molar-refractivity contribution in [1.29, 1.82) is 0 Å². The molecule has 48 valence electrons. The molecule has 1 unspecified atom stereocenters. The molecule has 0 radical (unpaired) electrons. The van der Waals surface area contributed by atoms with E-state index in [9.17, 15) is 0 Å². The quantitative estimate of drug-likeness (QED) is 0.580. The van der Waals surface area contributed by atoms with Crippen LogP contribution in [0.3, 0.4) is 0 Å². The maximum atomic E-state index is 5.83. The molecule has 0 aromatic carbocycles. The summed E-state index contributed by atoms with van der Waals surface area (Å²) in [6, 6.07) is 0. The Labute approximate surface area is 68.2 Å². The molecular weight excluding hydrogens is 194 g/mol. The minimum absolute atomic E-state index is 0.346. The van der Waals surface area contributed by atoms with Crippen LogP contribution in [0.1, 0.15) is 0 Å². The van der Waals surface area contributed by atoms with Gasteiger partial charge in [0.05, 0.1) is 9.79 Å². The fourth-order valence-corrected chi connectivity index (χ4v) is 4.71. The summed E-state index contributed by atoms with van der Waals surface area (Å²) in [7, 11) is 5.48. The highest BCUT2D eigenvalue weighted by molar-refractivity contribution is 8.18. The molecule has 0 saturated carbocycles. The molecule has 0 spiro atoms. The number of rotatable bonds is 0. The Balaban J connectivity index is 2.62. The molecular formula is C4H2ClNS3. The van der Waals surface area contributed by atoms with Crippen LogP contribution in [0.5, 0.6) is 0 Å². The van der Waals surface area contributed by atoms with E-state index in [1.165, 1.54) is 21.7 Å². The maximum Gasteiger partial charge on any atom is 0.0609 e. The molecule has 0 bridgehead atoms. The van der Waals surface area contributed by atoms with Crippen molar-refractivity contribution in [3.63, 3.8) is 0 Å². The van der Waals surface area contributed by atoms with Crippen molar-refractivity contribution < 1.29 is 0 Å². The van der Waals surface area contributed by atoms with Gasteiger partial charge in [0.25, 0.3) is 0 Å². The first-order chi connectivity index (χ1) is 4.38. The summed E-state index contributed by atoms with van der Waals surface area (Å²) in [6.07, 6.45) is 0. The standard InChI is InChI=1S/C4H2ClNS3/c5-9-4-2-7-1-3(4)8-6-9/h1-2H. The van der Waals surface area contributed by atoms with E-state index in [-0.39, 0.29) is 9.90 Å². The van der Waals surface area contributed by atoms with Crippen molar-refractivity contribution in [2.45, 2.75) is 9.79 Å². The van der Waals surface area contributed by atoms with Crippen molar-refractivity contribution in [3.05, 3.63) is 10.8 Å². The molecule has 0 saturated heterocycles. The molecule has 1 nitrogen and oxygen atoms in total. The SMILES string of the molecule is ClS1=NSc2cscc21. The summed E-state index contributed by atoms with van der Waals surface area (Å²) in [5.74, 6) is 0. The number of nitrogens with zero attached hydrogens (tertiary/aromatic N) is 1. The molecule has 2 heterocycles. The van der Waals surface area contributed by atoms with Crippen LogP contribution in [0.25, 0.3) is 0 Å². The minimum atomic E-state index is -0.346. The maximum absolute atomic E-state index is 5.83. The average molecular weight is 196 g/mol. The molecule has 1 aliphatic rings. The predicted octanol–water partition coefficient (Wildman–Crippen LogP) is 3.08. The first kappa shape index (κ1) is 6.22. The average Bonchev–Trinajstić information content (AvgIpc) is 2.35. The molecule has 0 N–H and O–H groups in total. The van der Waals surface area contributed by atoms with Crippen LogP contribution in [-0.4, -0.2) is 0 Å². The Morgan fingerprint density at radius 2 is 2.44 bits per heavy atom. The first-order valence-electron chi connectivity index (χ1n) is 2.23. The topological polar surface area (TPSA) is 12.4 Å². The highest BCUT2D eigenvalue weighted by Gasteiger charge is 2.13. The van der Waals surface area contributed by atoms with Crippen molar-refractivity contribution in [3.8, 4) is 0 Å². The molecule has 0 amide bonds. The van der Waals surface area contributed by atoms with E-state index in [0.29, 0.717) is 0 Å². The lowest BCUT2D eigenvalue weighted by Crippen LogP contribution is -1.67. The number of hydrogen-bond donors (Lipinski definition) is 0. The van der Waals surface area contributed by atoms with Crippen molar-refractivity contribution >= 4 is 43.9 Å². The number of thiophene rings is 1. The Bertz CT molecular complexity index is 267. The highest BCUT2D eigenvalue weighted by Crippen LogP contribution is 2.39. The molecule has 1 atom stereocenters. The lowest BCUT2D eigenvalue weighted by molar-refractivity contribution is 1.36. The van der Waals surface area contributed by atoms with Gasteiger partial charge in [-0.2, -0.15) is 3.77 Å². The van der Waals surface area contributed by atoms with Gasteiger partial charge in [-0.05, 0) is 10.7 Å². The number of fused-ring (bicyclic) bond motifs is 1. The van der Waals surface area contributed by atoms with E-state index in [4.69, 9.17) is 10.7 Å². The molecule has 1 aromatic heterocycles. The smallest absolute Gasteiger partial charge is 0.0609 e. The summed E-state index contributed by atoms with van der Waals surface area (Å²) < 4.78 is 4.08. The third-order valence-electron chi connectivity index (χ3n) is 0.976. The van der Waals surface area contributed by atoms with Crippen LogP contribution in [0.4, 0.5) is 0 Å².